The van der Waals surface area contributed by atoms with Crippen molar-refractivity contribution in [3.8, 4) is 5.88 Å². The van der Waals surface area contributed by atoms with Crippen LogP contribution < -0.4 is 5.32 Å². The van der Waals surface area contributed by atoms with Crippen LogP contribution in [0.2, 0.25) is 0 Å². The number of furan rings is 1. The highest BCUT2D eigenvalue weighted by molar-refractivity contribution is 5.59. The van der Waals surface area contributed by atoms with Crippen LogP contribution in [0.5, 0.6) is 0 Å². The summed E-state index contributed by atoms with van der Waals surface area (Å²) in [5.74, 6) is 0.825. The van der Waals surface area contributed by atoms with Gasteiger partial charge in [0.05, 0.1) is 29.9 Å². The van der Waals surface area contributed by atoms with Gasteiger partial charge in [-0.3, -0.25) is 4.57 Å². The summed E-state index contributed by atoms with van der Waals surface area (Å²) in [5, 5.41) is 3.33. The number of aromatic nitrogens is 2. The number of rotatable bonds is 0. The summed E-state index contributed by atoms with van der Waals surface area (Å²) in [7, 11) is 0. The number of nitrogens with one attached hydrogen (secondary N) is 1. The highest BCUT2D eigenvalue weighted by Gasteiger charge is 2.22. The predicted molar refractivity (Wildman–Crippen MR) is 47.9 cm³/mol. The molecule has 0 saturated heterocycles. The molecule has 1 N–H and O–H groups in total. The van der Waals surface area contributed by atoms with Crippen LogP contribution in [0.25, 0.3) is 5.88 Å². The first-order chi connectivity index (χ1) is 6.36. The van der Waals surface area contributed by atoms with E-state index in [-0.39, 0.29) is 6.04 Å². The number of imidazole rings is 1. The van der Waals surface area contributed by atoms with E-state index in [2.05, 4.69) is 17.2 Å². The first-order valence-electron chi connectivity index (χ1n) is 4.23. The van der Waals surface area contributed by atoms with Gasteiger partial charge >= 0.3 is 0 Å². The number of hydrogen-bond acceptors (Lipinski definition) is 3. The minimum absolute atomic E-state index is 0.285. The van der Waals surface area contributed by atoms with Gasteiger partial charge in [0.15, 0.2) is 0 Å². The van der Waals surface area contributed by atoms with Crippen molar-refractivity contribution in [3.63, 3.8) is 0 Å². The van der Waals surface area contributed by atoms with Crippen molar-refractivity contribution in [3.05, 3.63) is 30.5 Å². The summed E-state index contributed by atoms with van der Waals surface area (Å²) in [5.41, 5.74) is 2.15. The minimum Gasteiger partial charge on any atom is -0.446 e. The van der Waals surface area contributed by atoms with Crippen molar-refractivity contribution in [1.29, 1.82) is 0 Å². The normalized spacial score (nSPS) is 19.0. The maximum absolute atomic E-state index is 5.35. The standard InChI is InChI=1S/C9H9N3O/c1-6-8-4-10-5-12(8)9-7(11-6)2-3-13-9/h2-6,11H,1H3. The van der Waals surface area contributed by atoms with Gasteiger partial charge in [0, 0.05) is 6.07 Å². The Bertz CT molecular complexity index is 443. The van der Waals surface area contributed by atoms with E-state index >= 15 is 0 Å². The molecule has 66 valence electrons. The minimum atomic E-state index is 0.285. The lowest BCUT2D eigenvalue weighted by atomic mass is 10.2. The van der Waals surface area contributed by atoms with E-state index in [0.717, 1.165) is 17.3 Å². The molecule has 3 rings (SSSR count). The molecule has 3 heterocycles. The van der Waals surface area contributed by atoms with Crippen LogP contribution in [-0.2, 0) is 0 Å². The molecule has 0 bridgehead atoms. The zero-order valence-corrected chi connectivity index (χ0v) is 7.19. The highest BCUT2D eigenvalue weighted by atomic mass is 16.3. The Hall–Kier alpha value is -1.71. The maximum Gasteiger partial charge on any atom is 0.228 e. The van der Waals surface area contributed by atoms with E-state index in [1.165, 1.54) is 0 Å². The molecule has 4 nitrogen and oxygen atoms in total. The smallest absolute Gasteiger partial charge is 0.228 e. The molecule has 0 aromatic carbocycles. The Morgan fingerprint density at radius 1 is 1.62 bits per heavy atom. The van der Waals surface area contributed by atoms with Crippen LogP contribution in [0.4, 0.5) is 5.69 Å². The summed E-state index contributed by atoms with van der Waals surface area (Å²) in [6, 6.07) is 2.21. The summed E-state index contributed by atoms with van der Waals surface area (Å²) in [4.78, 5) is 4.10. The van der Waals surface area contributed by atoms with Crippen LogP contribution in [0.3, 0.4) is 0 Å². The topological polar surface area (TPSA) is 43.0 Å². The van der Waals surface area contributed by atoms with Crippen molar-refractivity contribution in [2.75, 3.05) is 5.32 Å². The molecule has 1 atom stereocenters. The molecule has 2 aromatic heterocycles. The molecule has 4 heteroatoms. The SMILES string of the molecule is CC1Nc2ccoc2-n2cncc21. The number of hydrogen-bond donors (Lipinski definition) is 1. The molecule has 2 aromatic rings. The molecular formula is C9H9N3O. The lowest BCUT2D eigenvalue weighted by Gasteiger charge is -2.21. The Kier molecular flexibility index (Phi) is 1.12. The largest absolute Gasteiger partial charge is 0.446 e. The highest BCUT2D eigenvalue weighted by Crippen LogP contribution is 2.32. The third kappa shape index (κ3) is 0.771. The van der Waals surface area contributed by atoms with Gasteiger partial charge in [-0.1, -0.05) is 0 Å². The fourth-order valence-corrected chi connectivity index (χ4v) is 1.70. The molecule has 0 amide bonds. The maximum atomic E-state index is 5.35. The number of anilines is 1. The third-order valence-corrected chi connectivity index (χ3v) is 2.35. The van der Waals surface area contributed by atoms with E-state index in [1.54, 1.807) is 12.6 Å². The van der Waals surface area contributed by atoms with Gasteiger partial charge in [0.25, 0.3) is 0 Å². The fourth-order valence-electron chi connectivity index (χ4n) is 1.70. The van der Waals surface area contributed by atoms with Gasteiger partial charge in [0.1, 0.15) is 6.33 Å². The van der Waals surface area contributed by atoms with E-state index in [9.17, 15) is 0 Å². The van der Waals surface area contributed by atoms with Crippen LogP contribution in [0, 0.1) is 0 Å². The van der Waals surface area contributed by atoms with E-state index in [1.807, 2.05) is 16.8 Å². The molecule has 0 radical (unpaired) electrons. The van der Waals surface area contributed by atoms with Crippen molar-refractivity contribution in [2.45, 2.75) is 13.0 Å². The summed E-state index contributed by atoms with van der Waals surface area (Å²) in [6.45, 7) is 2.10. The van der Waals surface area contributed by atoms with E-state index in [0.29, 0.717) is 0 Å². The fraction of sp³-hybridized carbons (Fsp3) is 0.222. The summed E-state index contributed by atoms with van der Waals surface area (Å²) in [6.07, 6.45) is 5.30. The van der Waals surface area contributed by atoms with Crippen LogP contribution in [0.15, 0.2) is 29.3 Å². The van der Waals surface area contributed by atoms with Gasteiger partial charge in [-0.2, -0.15) is 0 Å². The second-order valence-electron chi connectivity index (χ2n) is 3.19. The number of fused-ring (bicyclic) bond motifs is 3. The molecule has 0 fully saturated rings. The van der Waals surface area contributed by atoms with Gasteiger partial charge in [-0.05, 0) is 6.92 Å². The summed E-state index contributed by atoms with van der Waals surface area (Å²) < 4.78 is 7.32. The molecular weight excluding hydrogens is 166 g/mol. The van der Waals surface area contributed by atoms with Gasteiger partial charge in [-0.15, -0.1) is 0 Å². The van der Waals surface area contributed by atoms with E-state index < -0.39 is 0 Å². The predicted octanol–water partition coefficient (Wildman–Crippen LogP) is 1.95. The molecule has 0 saturated carbocycles. The average Bonchev–Trinajstić information content (AvgIpc) is 2.66. The Balaban J connectivity index is 2.30. The number of nitrogens with zero attached hydrogens (tertiary/aromatic N) is 2. The Morgan fingerprint density at radius 3 is 3.46 bits per heavy atom. The Morgan fingerprint density at radius 2 is 2.54 bits per heavy atom. The monoisotopic (exact) mass is 175 g/mol. The Labute approximate surface area is 75.2 Å². The molecule has 1 aliphatic rings. The quantitative estimate of drug-likeness (QED) is 0.665. The lowest BCUT2D eigenvalue weighted by molar-refractivity contribution is 0.525. The first kappa shape index (κ1) is 6.77. The first-order valence-corrected chi connectivity index (χ1v) is 4.23. The van der Waals surface area contributed by atoms with Gasteiger partial charge in [-0.25, -0.2) is 4.98 Å². The van der Waals surface area contributed by atoms with Gasteiger partial charge < -0.3 is 9.73 Å². The van der Waals surface area contributed by atoms with Gasteiger partial charge in [0.2, 0.25) is 5.88 Å². The van der Waals surface area contributed by atoms with Crippen molar-refractivity contribution >= 4 is 5.69 Å². The average molecular weight is 175 g/mol. The molecule has 1 unspecified atom stereocenters. The van der Waals surface area contributed by atoms with Crippen LogP contribution in [-0.4, -0.2) is 9.55 Å². The molecule has 1 aliphatic heterocycles. The van der Waals surface area contributed by atoms with Crippen molar-refractivity contribution in [1.82, 2.24) is 9.55 Å². The summed E-state index contributed by atoms with van der Waals surface area (Å²) >= 11 is 0. The van der Waals surface area contributed by atoms with Crippen LogP contribution >= 0.6 is 0 Å². The molecule has 0 spiro atoms. The third-order valence-electron chi connectivity index (χ3n) is 2.35. The zero-order valence-electron chi connectivity index (χ0n) is 7.19. The van der Waals surface area contributed by atoms with Crippen LogP contribution in [0.1, 0.15) is 18.7 Å². The molecule has 13 heavy (non-hydrogen) atoms. The van der Waals surface area contributed by atoms with E-state index in [4.69, 9.17) is 4.42 Å². The van der Waals surface area contributed by atoms with Crippen molar-refractivity contribution < 1.29 is 4.42 Å². The lowest BCUT2D eigenvalue weighted by Crippen LogP contribution is -2.16. The second kappa shape index (κ2) is 2.16. The second-order valence-corrected chi connectivity index (χ2v) is 3.19. The molecule has 0 aliphatic carbocycles. The zero-order chi connectivity index (χ0) is 8.84. The van der Waals surface area contributed by atoms with Crippen molar-refractivity contribution in [2.24, 2.45) is 0 Å².